The van der Waals surface area contributed by atoms with Crippen molar-refractivity contribution < 1.29 is 19.4 Å². The van der Waals surface area contributed by atoms with Crippen molar-refractivity contribution >= 4 is 25.2 Å². The van der Waals surface area contributed by atoms with E-state index in [-0.39, 0.29) is 23.7 Å². The highest BCUT2D eigenvalue weighted by molar-refractivity contribution is 6.91. The number of carboxylic acids is 1. The maximum Gasteiger partial charge on any atom is 0.311 e. The van der Waals surface area contributed by atoms with Gasteiger partial charge in [0.1, 0.15) is 5.75 Å². The van der Waals surface area contributed by atoms with Gasteiger partial charge in [0, 0.05) is 5.56 Å². The first-order valence-corrected chi connectivity index (χ1v) is 15.5. The van der Waals surface area contributed by atoms with Gasteiger partial charge in [-0.25, -0.2) is 0 Å². The number of aryl methyl sites for hydroxylation is 1. The maximum absolute atomic E-state index is 12.5. The van der Waals surface area contributed by atoms with Crippen molar-refractivity contribution in [3.63, 3.8) is 0 Å². The van der Waals surface area contributed by atoms with E-state index in [9.17, 15) is 9.59 Å². The van der Waals surface area contributed by atoms with Crippen molar-refractivity contribution in [3.05, 3.63) is 59.2 Å². The lowest BCUT2D eigenvalue weighted by Crippen LogP contribution is -2.46. The van der Waals surface area contributed by atoms with Gasteiger partial charge < -0.3 is 9.84 Å². The summed E-state index contributed by atoms with van der Waals surface area (Å²) in [5.74, 6) is -0.946. The quantitative estimate of drug-likeness (QED) is 0.219. The Balaban J connectivity index is 2.52. The summed E-state index contributed by atoms with van der Waals surface area (Å²) < 4.78 is 5.78. The second-order valence-corrected chi connectivity index (χ2v) is 16.8. The molecular formula is C30H44O4Si. The molecule has 35 heavy (non-hydrogen) atoms. The largest absolute Gasteiger partial charge is 0.481 e. The van der Waals surface area contributed by atoms with E-state index in [1.54, 1.807) is 0 Å². The van der Waals surface area contributed by atoms with E-state index >= 15 is 0 Å². The molecule has 0 aliphatic heterocycles. The molecule has 0 amide bonds. The van der Waals surface area contributed by atoms with Crippen molar-refractivity contribution in [3.8, 4) is 5.75 Å². The molecule has 192 valence electrons. The van der Waals surface area contributed by atoms with Crippen LogP contribution in [0.1, 0.15) is 84.9 Å². The standard InChI is InChI=1S/C30H44O4Si/c1-9-35(10-2,23-14-12-11-13-15-23)19-18-22-20-25(30(6,7)8)26(21-24(22)29(3,4)5)34-28(33)17-16-27(31)32/h11-15,20-21H,9-10,16-19H2,1-8H3,(H,31,32). The van der Waals surface area contributed by atoms with Crippen LogP contribution < -0.4 is 9.92 Å². The van der Waals surface area contributed by atoms with E-state index in [0.717, 1.165) is 12.0 Å². The number of esters is 1. The highest BCUT2D eigenvalue weighted by atomic mass is 28.3. The summed E-state index contributed by atoms with van der Waals surface area (Å²) in [6.07, 6.45) is 0.629. The summed E-state index contributed by atoms with van der Waals surface area (Å²) >= 11 is 0. The minimum absolute atomic E-state index is 0.122. The van der Waals surface area contributed by atoms with Gasteiger partial charge in [0.05, 0.1) is 20.9 Å². The molecule has 0 saturated carbocycles. The van der Waals surface area contributed by atoms with E-state index in [2.05, 4.69) is 91.8 Å². The molecule has 0 aliphatic carbocycles. The third-order valence-corrected chi connectivity index (χ3v) is 12.7. The molecule has 0 aliphatic rings. The van der Waals surface area contributed by atoms with Crippen molar-refractivity contribution in [2.45, 2.75) is 104 Å². The summed E-state index contributed by atoms with van der Waals surface area (Å²) in [6.45, 7) is 17.6. The summed E-state index contributed by atoms with van der Waals surface area (Å²) in [6, 6.07) is 18.9. The van der Waals surface area contributed by atoms with E-state index in [1.807, 2.05) is 6.07 Å². The summed E-state index contributed by atoms with van der Waals surface area (Å²) in [7, 11) is -1.65. The highest BCUT2D eigenvalue weighted by Crippen LogP contribution is 2.39. The molecule has 0 radical (unpaired) electrons. The number of hydrogen-bond donors (Lipinski definition) is 1. The lowest BCUT2D eigenvalue weighted by Gasteiger charge is -2.33. The van der Waals surface area contributed by atoms with Crippen LogP contribution in [0.4, 0.5) is 0 Å². The first kappa shape index (κ1) is 28.8. The summed E-state index contributed by atoms with van der Waals surface area (Å²) in [5.41, 5.74) is 3.15. The number of carbonyl (C=O) groups excluding carboxylic acids is 1. The molecule has 0 aromatic heterocycles. The summed E-state index contributed by atoms with van der Waals surface area (Å²) in [5, 5.41) is 10.5. The molecule has 4 nitrogen and oxygen atoms in total. The van der Waals surface area contributed by atoms with Crippen LogP contribution in [0.3, 0.4) is 0 Å². The van der Waals surface area contributed by atoms with Gasteiger partial charge in [-0.1, -0.05) is 109 Å². The van der Waals surface area contributed by atoms with E-state index in [1.165, 1.54) is 34.4 Å². The molecule has 2 aromatic rings. The fourth-order valence-electron chi connectivity index (χ4n) is 4.90. The molecule has 2 aromatic carbocycles. The Kier molecular flexibility index (Phi) is 9.52. The van der Waals surface area contributed by atoms with E-state index in [0.29, 0.717) is 5.75 Å². The Labute approximate surface area is 213 Å². The minimum atomic E-state index is -1.65. The Morgan fingerprint density at radius 3 is 1.91 bits per heavy atom. The lowest BCUT2D eigenvalue weighted by atomic mass is 9.78. The van der Waals surface area contributed by atoms with Crippen LogP contribution in [0.15, 0.2) is 42.5 Å². The normalized spacial score (nSPS) is 12.5. The van der Waals surface area contributed by atoms with Crippen LogP contribution in [-0.2, 0) is 26.8 Å². The zero-order chi connectivity index (χ0) is 26.4. The number of aliphatic carboxylic acids is 1. The van der Waals surface area contributed by atoms with E-state index < -0.39 is 20.0 Å². The molecular weight excluding hydrogens is 452 g/mol. The molecule has 2 rings (SSSR count). The number of ether oxygens (including phenoxy) is 1. The molecule has 0 saturated heterocycles. The topological polar surface area (TPSA) is 63.6 Å². The highest BCUT2D eigenvalue weighted by Gasteiger charge is 2.32. The maximum atomic E-state index is 12.5. The Bertz CT molecular complexity index is 1010. The van der Waals surface area contributed by atoms with Gasteiger partial charge >= 0.3 is 11.9 Å². The molecule has 0 heterocycles. The van der Waals surface area contributed by atoms with Gasteiger partial charge in [-0.05, 0) is 40.5 Å². The lowest BCUT2D eigenvalue weighted by molar-refractivity contribution is -0.142. The van der Waals surface area contributed by atoms with Crippen LogP contribution >= 0.6 is 0 Å². The van der Waals surface area contributed by atoms with Crippen molar-refractivity contribution in [2.24, 2.45) is 0 Å². The zero-order valence-electron chi connectivity index (χ0n) is 23.0. The number of benzene rings is 2. The summed E-state index contributed by atoms with van der Waals surface area (Å²) in [4.78, 5) is 23.4. The smallest absolute Gasteiger partial charge is 0.311 e. The Morgan fingerprint density at radius 2 is 1.43 bits per heavy atom. The van der Waals surface area contributed by atoms with Gasteiger partial charge in [0.25, 0.3) is 0 Å². The van der Waals surface area contributed by atoms with Crippen LogP contribution in [0, 0.1) is 0 Å². The average Bonchev–Trinajstić information content (AvgIpc) is 2.78. The number of hydrogen-bond acceptors (Lipinski definition) is 3. The van der Waals surface area contributed by atoms with Gasteiger partial charge in [-0.2, -0.15) is 0 Å². The number of carboxylic acid groups (broad SMARTS) is 1. The van der Waals surface area contributed by atoms with Gasteiger partial charge in [-0.3, -0.25) is 9.59 Å². The second-order valence-electron chi connectivity index (χ2n) is 11.7. The molecule has 1 N–H and O–H groups in total. The molecule has 0 unspecified atom stereocenters. The SMILES string of the molecule is CC[Si](CC)(CCc1cc(C(C)(C)C)c(OC(=O)CCC(=O)O)cc1C(C)(C)C)c1ccccc1. The minimum Gasteiger partial charge on any atom is -0.481 e. The number of carbonyl (C=O) groups is 2. The third-order valence-electron chi connectivity index (χ3n) is 7.20. The average molecular weight is 497 g/mol. The van der Waals surface area contributed by atoms with Crippen molar-refractivity contribution in [1.29, 1.82) is 0 Å². The first-order valence-electron chi connectivity index (χ1n) is 12.9. The van der Waals surface area contributed by atoms with Gasteiger partial charge in [0.2, 0.25) is 0 Å². The predicted molar refractivity (Wildman–Crippen MR) is 148 cm³/mol. The fraction of sp³-hybridized carbons (Fsp3) is 0.533. The van der Waals surface area contributed by atoms with Crippen LogP contribution in [0.2, 0.25) is 18.1 Å². The van der Waals surface area contributed by atoms with E-state index in [4.69, 9.17) is 9.84 Å². The Morgan fingerprint density at radius 1 is 0.857 bits per heavy atom. The predicted octanol–water partition coefficient (Wildman–Crippen LogP) is 6.99. The molecule has 0 bridgehead atoms. The van der Waals surface area contributed by atoms with Crippen molar-refractivity contribution in [1.82, 2.24) is 0 Å². The third kappa shape index (κ3) is 7.54. The first-order chi connectivity index (χ1) is 16.2. The Hall–Kier alpha value is -2.40. The van der Waals surface area contributed by atoms with Crippen molar-refractivity contribution in [2.75, 3.05) is 0 Å². The molecule has 5 heteroatoms. The monoisotopic (exact) mass is 496 g/mol. The zero-order valence-corrected chi connectivity index (χ0v) is 24.0. The fourth-order valence-corrected chi connectivity index (χ4v) is 8.86. The molecule has 0 spiro atoms. The van der Waals surface area contributed by atoms with Crippen LogP contribution in [-0.4, -0.2) is 25.1 Å². The molecule has 0 fully saturated rings. The van der Waals surface area contributed by atoms with Crippen LogP contribution in [0.25, 0.3) is 0 Å². The second kappa shape index (κ2) is 11.6. The number of rotatable bonds is 10. The van der Waals surface area contributed by atoms with Gasteiger partial charge in [0.15, 0.2) is 0 Å². The molecule has 0 atom stereocenters. The van der Waals surface area contributed by atoms with Gasteiger partial charge in [-0.15, -0.1) is 0 Å². The van der Waals surface area contributed by atoms with Crippen LogP contribution in [0.5, 0.6) is 5.75 Å².